The van der Waals surface area contributed by atoms with Gasteiger partial charge in [-0.25, -0.2) is 4.98 Å². The van der Waals surface area contributed by atoms with Gasteiger partial charge in [0.05, 0.1) is 12.3 Å². The molecule has 0 saturated heterocycles. The molecule has 1 atom stereocenters. The van der Waals surface area contributed by atoms with Crippen molar-refractivity contribution in [2.45, 2.75) is 59.4 Å². The van der Waals surface area contributed by atoms with E-state index < -0.39 is 0 Å². The van der Waals surface area contributed by atoms with Crippen molar-refractivity contribution in [1.82, 2.24) is 4.98 Å². The minimum atomic E-state index is -0.160. The number of hydrogen-bond acceptors (Lipinski definition) is 5. The smallest absolute Gasteiger partial charge is 0.315 e. The van der Waals surface area contributed by atoms with Gasteiger partial charge in [0.15, 0.2) is 5.13 Å². The summed E-state index contributed by atoms with van der Waals surface area (Å²) in [5.41, 5.74) is 1.50. The van der Waals surface area contributed by atoms with E-state index in [1.165, 1.54) is 4.88 Å². The van der Waals surface area contributed by atoms with Crippen LogP contribution in [0.5, 0.6) is 0 Å². The first kappa shape index (κ1) is 14.8. The fourth-order valence-corrected chi connectivity index (χ4v) is 4.51. The zero-order valence-corrected chi connectivity index (χ0v) is 14.3. The summed E-state index contributed by atoms with van der Waals surface area (Å²) in [4.78, 5) is 17.9. The molecule has 0 bridgehead atoms. The minimum Gasteiger partial charge on any atom is -0.465 e. The summed E-state index contributed by atoms with van der Waals surface area (Å²) in [5.74, 6) is -0.285. The van der Waals surface area contributed by atoms with E-state index in [9.17, 15) is 4.79 Å². The summed E-state index contributed by atoms with van der Waals surface area (Å²) in [6.45, 7) is 11.4. The Morgan fingerprint density at radius 2 is 2.05 bits per heavy atom. The Morgan fingerprint density at radius 1 is 1.38 bits per heavy atom. The van der Waals surface area contributed by atoms with Crippen molar-refractivity contribution in [3.63, 3.8) is 0 Å². The van der Waals surface area contributed by atoms with Crippen molar-refractivity contribution in [1.29, 1.82) is 0 Å². The summed E-state index contributed by atoms with van der Waals surface area (Å²) in [6, 6.07) is 0.442. The number of aromatic nitrogens is 1. The third-order valence-electron chi connectivity index (χ3n) is 5.58. The lowest BCUT2D eigenvalue weighted by molar-refractivity contribution is -0.145. The van der Waals surface area contributed by atoms with Gasteiger partial charge in [0.2, 0.25) is 0 Å². The molecule has 0 aliphatic heterocycles. The zero-order chi connectivity index (χ0) is 15.4. The number of esters is 1. The van der Waals surface area contributed by atoms with Gasteiger partial charge in [-0.3, -0.25) is 4.79 Å². The van der Waals surface area contributed by atoms with Gasteiger partial charge in [-0.15, -0.1) is 11.3 Å². The van der Waals surface area contributed by atoms with Crippen LogP contribution in [-0.2, 0) is 16.0 Å². The number of thiazole rings is 1. The van der Waals surface area contributed by atoms with E-state index in [2.05, 4.69) is 33.0 Å². The largest absolute Gasteiger partial charge is 0.465 e. The van der Waals surface area contributed by atoms with Crippen molar-refractivity contribution in [2.24, 2.45) is 10.8 Å². The number of carbonyl (C=O) groups excluding carboxylic acids is 1. The molecule has 1 heterocycles. The first-order valence-corrected chi connectivity index (χ1v) is 8.53. The molecule has 116 valence electrons. The normalized spacial score (nSPS) is 25.5. The first-order valence-electron chi connectivity index (χ1n) is 7.71. The topological polar surface area (TPSA) is 51.2 Å². The molecule has 1 N–H and O–H groups in total. The molecule has 0 radical (unpaired) electrons. The van der Waals surface area contributed by atoms with Gasteiger partial charge in [-0.05, 0) is 30.6 Å². The molecule has 1 unspecified atom stereocenters. The van der Waals surface area contributed by atoms with E-state index in [1.807, 2.05) is 6.92 Å². The number of aryl methyl sites for hydroxylation is 1. The quantitative estimate of drug-likeness (QED) is 0.864. The van der Waals surface area contributed by atoms with Crippen LogP contribution in [0.15, 0.2) is 0 Å². The van der Waals surface area contributed by atoms with Crippen LogP contribution in [-0.4, -0.2) is 23.6 Å². The number of rotatable bonds is 4. The maximum atomic E-state index is 12.0. The van der Waals surface area contributed by atoms with Crippen LogP contribution >= 0.6 is 11.3 Å². The Bertz CT molecular complexity index is 563. The Morgan fingerprint density at radius 3 is 2.62 bits per heavy atom. The monoisotopic (exact) mass is 308 g/mol. The molecule has 1 fully saturated rings. The number of ether oxygens (including phenoxy) is 1. The van der Waals surface area contributed by atoms with Gasteiger partial charge < -0.3 is 10.1 Å². The van der Waals surface area contributed by atoms with Gasteiger partial charge in [-0.1, -0.05) is 27.7 Å². The van der Waals surface area contributed by atoms with Gasteiger partial charge in [0.25, 0.3) is 0 Å². The van der Waals surface area contributed by atoms with E-state index in [1.54, 1.807) is 11.3 Å². The molecule has 1 aromatic heterocycles. The summed E-state index contributed by atoms with van der Waals surface area (Å²) in [7, 11) is 0. The van der Waals surface area contributed by atoms with Gasteiger partial charge in [0.1, 0.15) is 5.92 Å². The van der Waals surface area contributed by atoms with Crippen LogP contribution < -0.4 is 5.32 Å². The molecule has 2 aliphatic carbocycles. The van der Waals surface area contributed by atoms with Crippen molar-refractivity contribution < 1.29 is 9.53 Å². The summed E-state index contributed by atoms with van der Waals surface area (Å²) in [5, 5.41) is 4.53. The zero-order valence-electron chi connectivity index (χ0n) is 13.4. The molecule has 1 aromatic rings. The Labute approximate surface area is 130 Å². The Balaban J connectivity index is 1.74. The first-order chi connectivity index (χ1) is 9.79. The fourth-order valence-electron chi connectivity index (χ4n) is 3.44. The van der Waals surface area contributed by atoms with Crippen LogP contribution in [0.4, 0.5) is 5.13 Å². The Kier molecular flexibility index (Phi) is 3.32. The molecule has 3 rings (SSSR count). The summed E-state index contributed by atoms with van der Waals surface area (Å²) < 4.78 is 5.16. The lowest BCUT2D eigenvalue weighted by Gasteiger charge is -2.08. The van der Waals surface area contributed by atoms with Crippen LogP contribution in [0.1, 0.15) is 57.5 Å². The molecule has 5 heteroatoms. The van der Waals surface area contributed by atoms with E-state index in [0.29, 0.717) is 12.6 Å². The molecule has 0 aromatic carbocycles. The number of hydrogen-bond donors (Lipinski definition) is 1. The van der Waals surface area contributed by atoms with Crippen LogP contribution in [0.25, 0.3) is 0 Å². The van der Waals surface area contributed by atoms with Crippen molar-refractivity contribution >= 4 is 22.4 Å². The van der Waals surface area contributed by atoms with Crippen LogP contribution in [0.3, 0.4) is 0 Å². The van der Waals surface area contributed by atoms with Crippen molar-refractivity contribution in [3.8, 4) is 0 Å². The highest BCUT2D eigenvalue weighted by Gasteiger charge is 2.65. The average molecular weight is 308 g/mol. The lowest BCUT2D eigenvalue weighted by Crippen LogP contribution is -2.14. The third-order valence-corrected chi connectivity index (χ3v) is 6.64. The number of anilines is 1. The van der Waals surface area contributed by atoms with Gasteiger partial charge in [0, 0.05) is 10.9 Å². The van der Waals surface area contributed by atoms with Crippen molar-refractivity contribution in [3.05, 3.63) is 10.6 Å². The SMILES string of the molecule is CCOC(=O)C1CCc2sc(NC3C(C)(C)C3(C)C)nc21. The minimum absolute atomic E-state index is 0.125. The van der Waals surface area contributed by atoms with Gasteiger partial charge >= 0.3 is 5.97 Å². The fraction of sp³-hybridized carbons (Fsp3) is 0.750. The number of carbonyl (C=O) groups is 1. The maximum Gasteiger partial charge on any atom is 0.315 e. The molecular weight excluding hydrogens is 284 g/mol. The number of fused-ring (bicyclic) bond motifs is 1. The third kappa shape index (κ3) is 2.17. The molecule has 2 aliphatic rings. The van der Waals surface area contributed by atoms with Crippen molar-refractivity contribution in [2.75, 3.05) is 11.9 Å². The van der Waals surface area contributed by atoms with E-state index in [-0.39, 0.29) is 22.7 Å². The predicted molar refractivity (Wildman–Crippen MR) is 84.8 cm³/mol. The Hall–Kier alpha value is -1.10. The lowest BCUT2D eigenvalue weighted by atomic mass is 10.0. The van der Waals surface area contributed by atoms with Crippen LogP contribution in [0, 0.1) is 10.8 Å². The highest BCUT2D eigenvalue weighted by atomic mass is 32.1. The summed E-state index contributed by atoms with van der Waals surface area (Å²) in [6.07, 6.45) is 1.78. The molecule has 21 heavy (non-hydrogen) atoms. The average Bonchev–Trinajstić information content (AvgIpc) is 2.82. The molecule has 0 spiro atoms. The summed E-state index contributed by atoms with van der Waals surface area (Å²) >= 11 is 1.70. The second-order valence-corrected chi connectivity index (χ2v) is 8.28. The second-order valence-electron chi connectivity index (χ2n) is 7.19. The van der Waals surface area contributed by atoms with E-state index in [0.717, 1.165) is 23.7 Å². The predicted octanol–water partition coefficient (Wildman–Crippen LogP) is 3.58. The number of nitrogens with one attached hydrogen (secondary N) is 1. The van der Waals surface area contributed by atoms with E-state index in [4.69, 9.17) is 9.72 Å². The molecule has 4 nitrogen and oxygen atoms in total. The van der Waals surface area contributed by atoms with Crippen LogP contribution in [0.2, 0.25) is 0 Å². The maximum absolute atomic E-state index is 12.0. The molecule has 0 amide bonds. The second kappa shape index (κ2) is 4.70. The number of nitrogens with zero attached hydrogens (tertiary/aromatic N) is 1. The molecular formula is C16H24N2O2S. The molecule has 1 saturated carbocycles. The standard InChI is InChI=1S/C16H24N2O2S/c1-6-20-12(19)9-7-8-10-11(9)17-14(21-10)18-13-15(2,3)16(13,4)5/h9,13H,6-8H2,1-5H3,(H,17,18). The van der Waals surface area contributed by atoms with E-state index >= 15 is 0 Å². The van der Waals surface area contributed by atoms with Gasteiger partial charge in [-0.2, -0.15) is 0 Å². The highest BCUT2D eigenvalue weighted by molar-refractivity contribution is 7.15. The highest BCUT2D eigenvalue weighted by Crippen LogP contribution is 2.64.